The van der Waals surface area contributed by atoms with Crippen LogP contribution in [0.2, 0.25) is 0 Å². The second kappa shape index (κ2) is 10.6. The van der Waals surface area contributed by atoms with E-state index < -0.39 is 21.8 Å². The van der Waals surface area contributed by atoms with Crippen LogP contribution in [-0.4, -0.2) is 39.1 Å². The molecule has 11 heteroatoms. The van der Waals surface area contributed by atoms with Gasteiger partial charge in [-0.1, -0.05) is 0 Å². The summed E-state index contributed by atoms with van der Waals surface area (Å²) < 4.78 is 37.8. The van der Waals surface area contributed by atoms with Gasteiger partial charge in [-0.15, -0.1) is 0 Å². The van der Waals surface area contributed by atoms with Gasteiger partial charge in [0, 0.05) is 17.3 Å². The van der Waals surface area contributed by atoms with E-state index in [-0.39, 0.29) is 27.5 Å². The molecule has 3 rings (SSSR count). The number of hydrazine groups is 1. The van der Waals surface area contributed by atoms with Crippen molar-refractivity contribution < 1.29 is 32.6 Å². The molecule has 4 N–H and O–H groups in total. The third kappa shape index (κ3) is 5.95. The van der Waals surface area contributed by atoms with E-state index in [2.05, 4.69) is 15.6 Å². The number of carbonyl (C=O) groups is 2. The first-order chi connectivity index (χ1) is 16.2. The molecule has 3 aromatic carbocycles. The van der Waals surface area contributed by atoms with Crippen LogP contribution in [0.15, 0.2) is 71.6 Å². The molecule has 0 atom stereocenters. The lowest BCUT2D eigenvalue weighted by Gasteiger charge is -2.11. The zero-order chi connectivity index (χ0) is 24.7. The van der Waals surface area contributed by atoms with Crippen molar-refractivity contribution >= 4 is 27.5 Å². The van der Waals surface area contributed by atoms with E-state index in [4.69, 9.17) is 9.47 Å². The normalized spacial score (nSPS) is 10.8. The average molecular weight is 486 g/mol. The zero-order valence-corrected chi connectivity index (χ0v) is 19.2. The SMILES string of the molecule is CCOc1ccc(S(=O)(=O)Nc2ccc(C(=O)NNC(=O)c3ccc(OC)cc3O)cc2)cc1. The van der Waals surface area contributed by atoms with Crippen molar-refractivity contribution in [3.05, 3.63) is 77.9 Å². The highest BCUT2D eigenvalue weighted by molar-refractivity contribution is 7.92. The van der Waals surface area contributed by atoms with Gasteiger partial charge in [-0.05, 0) is 67.6 Å². The third-order valence-corrected chi connectivity index (χ3v) is 5.98. The molecule has 0 unspecified atom stereocenters. The first-order valence-electron chi connectivity index (χ1n) is 10.1. The molecule has 0 spiro atoms. The van der Waals surface area contributed by atoms with Crippen molar-refractivity contribution in [2.24, 2.45) is 0 Å². The number of phenols is 1. The molecule has 0 radical (unpaired) electrons. The van der Waals surface area contributed by atoms with Gasteiger partial charge in [-0.3, -0.25) is 25.2 Å². The number of rotatable bonds is 8. The molecule has 0 aliphatic rings. The van der Waals surface area contributed by atoms with Crippen molar-refractivity contribution in [3.63, 3.8) is 0 Å². The Balaban J connectivity index is 1.60. The summed E-state index contributed by atoms with van der Waals surface area (Å²) in [6, 6.07) is 15.7. The van der Waals surface area contributed by atoms with Gasteiger partial charge in [0.05, 0.1) is 24.2 Å². The number of aromatic hydroxyl groups is 1. The molecule has 0 heterocycles. The van der Waals surface area contributed by atoms with Crippen molar-refractivity contribution in [2.75, 3.05) is 18.4 Å². The van der Waals surface area contributed by atoms with E-state index in [1.54, 1.807) is 12.1 Å². The lowest BCUT2D eigenvalue weighted by Crippen LogP contribution is -2.41. The Hall–Kier alpha value is -4.25. The molecule has 0 bridgehead atoms. The van der Waals surface area contributed by atoms with Crippen LogP contribution in [0, 0.1) is 0 Å². The molecule has 0 aromatic heterocycles. The number of nitrogens with one attached hydrogen (secondary N) is 3. The molecule has 3 aromatic rings. The summed E-state index contributed by atoms with van der Waals surface area (Å²) in [6.07, 6.45) is 0. The van der Waals surface area contributed by atoms with Gasteiger partial charge in [0.2, 0.25) is 0 Å². The monoisotopic (exact) mass is 485 g/mol. The fourth-order valence-corrected chi connectivity index (χ4v) is 3.93. The summed E-state index contributed by atoms with van der Waals surface area (Å²) in [4.78, 5) is 24.6. The van der Waals surface area contributed by atoms with Gasteiger partial charge >= 0.3 is 0 Å². The van der Waals surface area contributed by atoms with Crippen LogP contribution in [0.5, 0.6) is 17.2 Å². The fourth-order valence-electron chi connectivity index (χ4n) is 2.87. The largest absolute Gasteiger partial charge is 0.507 e. The van der Waals surface area contributed by atoms with Crippen LogP contribution in [0.3, 0.4) is 0 Å². The molecule has 10 nitrogen and oxygen atoms in total. The third-order valence-electron chi connectivity index (χ3n) is 4.58. The molecule has 0 aliphatic carbocycles. The predicted molar refractivity (Wildman–Crippen MR) is 124 cm³/mol. The highest BCUT2D eigenvalue weighted by Crippen LogP contribution is 2.23. The molecule has 34 heavy (non-hydrogen) atoms. The first-order valence-corrected chi connectivity index (χ1v) is 11.5. The van der Waals surface area contributed by atoms with Crippen LogP contribution in [0.25, 0.3) is 0 Å². The number of anilines is 1. The van der Waals surface area contributed by atoms with Crippen LogP contribution in [-0.2, 0) is 10.0 Å². The van der Waals surface area contributed by atoms with Crippen LogP contribution in [0.1, 0.15) is 27.6 Å². The van der Waals surface area contributed by atoms with Gasteiger partial charge in [0.25, 0.3) is 21.8 Å². The van der Waals surface area contributed by atoms with Crippen molar-refractivity contribution in [2.45, 2.75) is 11.8 Å². The van der Waals surface area contributed by atoms with Gasteiger partial charge in [-0.2, -0.15) is 0 Å². The molecule has 0 fully saturated rings. The van der Waals surface area contributed by atoms with E-state index in [0.717, 1.165) is 0 Å². The Bertz CT molecular complexity index is 1270. The maximum absolute atomic E-state index is 12.6. The van der Waals surface area contributed by atoms with Crippen LogP contribution >= 0.6 is 0 Å². The summed E-state index contributed by atoms with van der Waals surface area (Å²) in [6.45, 7) is 2.30. The summed E-state index contributed by atoms with van der Waals surface area (Å²) in [5, 5.41) is 9.90. The summed E-state index contributed by atoms with van der Waals surface area (Å²) in [5.41, 5.74) is 4.80. The van der Waals surface area contributed by atoms with E-state index in [1.165, 1.54) is 61.7 Å². The number of phenolic OH excluding ortho intramolecular Hbond substituents is 1. The highest BCUT2D eigenvalue weighted by atomic mass is 32.2. The van der Waals surface area contributed by atoms with Gasteiger partial charge in [0.15, 0.2) is 0 Å². The molecule has 0 aliphatic heterocycles. The van der Waals surface area contributed by atoms with E-state index in [0.29, 0.717) is 18.1 Å². The highest BCUT2D eigenvalue weighted by Gasteiger charge is 2.16. The van der Waals surface area contributed by atoms with Gasteiger partial charge in [0.1, 0.15) is 17.2 Å². The predicted octanol–water partition coefficient (Wildman–Crippen LogP) is 2.68. The number of hydrogen-bond acceptors (Lipinski definition) is 7. The van der Waals surface area contributed by atoms with Gasteiger partial charge < -0.3 is 14.6 Å². The Morgan fingerprint density at radius 2 is 1.50 bits per heavy atom. The number of amides is 2. The maximum atomic E-state index is 12.6. The van der Waals surface area contributed by atoms with E-state index >= 15 is 0 Å². The van der Waals surface area contributed by atoms with Crippen LogP contribution < -0.4 is 25.0 Å². The molecular formula is C23H23N3O7S. The lowest BCUT2D eigenvalue weighted by atomic mass is 10.2. The fraction of sp³-hybridized carbons (Fsp3) is 0.130. The van der Waals surface area contributed by atoms with Crippen molar-refractivity contribution in [1.82, 2.24) is 10.9 Å². The second-order valence-corrected chi connectivity index (χ2v) is 8.56. The average Bonchev–Trinajstić information content (AvgIpc) is 2.83. The van der Waals surface area contributed by atoms with Crippen molar-refractivity contribution in [1.29, 1.82) is 0 Å². The van der Waals surface area contributed by atoms with Crippen molar-refractivity contribution in [3.8, 4) is 17.2 Å². The quantitative estimate of drug-likeness (QED) is 0.359. The summed E-state index contributed by atoms with van der Waals surface area (Å²) in [5.74, 6) is -0.742. The Kier molecular flexibility index (Phi) is 7.59. The Morgan fingerprint density at radius 3 is 2.09 bits per heavy atom. The minimum Gasteiger partial charge on any atom is -0.507 e. The minimum atomic E-state index is -3.84. The number of benzene rings is 3. The Labute approximate surface area is 196 Å². The van der Waals surface area contributed by atoms with Gasteiger partial charge in [-0.25, -0.2) is 8.42 Å². The summed E-state index contributed by atoms with van der Waals surface area (Å²) >= 11 is 0. The Morgan fingerprint density at radius 1 is 0.882 bits per heavy atom. The van der Waals surface area contributed by atoms with E-state index in [1.807, 2.05) is 6.92 Å². The molecule has 0 saturated heterocycles. The standard InChI is InChI=1S/C23H23N3O7S/c1-3-33-17-8-11-19(12-9-17)34(30,31)26-16-6-4-15(5-7-16)22(28)24-25-23(29)20-13-10-18(32-2)14-21(20)27/h4-14,26-27H,3H2,1-2H3,(H,24,28)(H,25,29). The molecule has 2 amide bonds. The number of ether oxygens (including phenoxy) is 2. The second-order valence-electron chi connectivity index (χ2n) is 6.88. The zero-order valence-electron chi connectivity index (χ0n) is 18.4. The molecule has 0 saturated carbocycles. The van der Waals surface area contributed by atoms with Crippen LogP contribution in [0.4, 0.5) is 5.69 Å². The first kappa shape index (κ1) is 24.4. The molecular weight excluding hydrogens is 462 g/mol. The minimum absolute atomic E-state index is 0.0554. The lowest BCUT2D eigenvalue weighted by molar-refractivity contribution is 0.0845. The number of hydrogen-bond donors (Lipinski definition) is 4. The number of methoxy groups -OCH3 is 1. The van der Waals surface area contributed by atoms with E-state index in [9.17, 15) is 23.1 Å². The number of carbonyl (C=O) groups excluding carboxylic acids is 2. The topological polar surface area (TPSA) is 143 Å². The molecule has 178 valence electrons. The maximum Gasteiger partial charge on any atom is 0.273 e. The summed E-state index contributed by atoms with van der Waals surface area (Å²) in [7, 11) is -2.41. The smallest absolute Gasteiger partial charge is 0.273 e. The number of sulfonamides is 1.